The molecule has 0 bridgehead atoms. The first-order chi connectivity index (χ1) is 15.6. The van der Waals surface area contributed by atoms with Gasteiger partial charge in [-0.25, -0.2) is 13.2 Å². The maximum atomic E-state index is 13.3. The molecule has 3 atom stereocenters. The minimum atomic E-state index is -3.94. The van der Waals surface area contributed by atoms with Crippen molar-refractivity contribution in [2.75, 3.05) is 7.11 Å². The number of nitrogens with zero attached hydrogens (tertiary/aromatic N) is 5. The van der Waals surface area contributed by atoms with Crippen molar-refractivity contribution < 1.29 is 32.4 Å². The lowest BCUT2D eigenvalue weighted by atomic mass is 9.96. The van der Waals surface area contributed by atoms with Gasteiger partial charge in [0.2, 0.25) is 5.91 Å². The fourth-order valence-corrected chi connectivity index (χ4v) is 6.52. The number of carbonyl (C=O) groups excluding carboxylic acids is 2. The zero-order valence-corrected chi connectivity index (χ0v) is 18.6. The van der Waals surface area contributed by atoms with Crippen molar-refractivity contribution in [3.63, 3.8) is 0 Å². The van der Waals surface area contributed by atoms with E-state index in [9.17, 15) is 28.1 Å². The molecule has 4 rings (SSSR count). The first kappa shape index (κ1) is 22.8. The van der Waals surface area contributed by atoms with E-state index in [4.69, 9.17) is 9.47 Å². The Bertz CT molecular complexity index is 1210. The SMILES string of the molecule is COCc1cn(C[C@@]2(C)[C@H](C(=O)OCc3ccc([N+](=O)[O-])cc3)N3C(=O)C[C@@H]3S2(=O)=O)nn1. The van der Waals surface area contributed by atoms with Crippen molar-refractivity contribution in [1.82, 2.24) is 19.9 Å². The number of hydrogen-bond donors (Lipinski definition) is 0. The van der Waals surface area contributed by atoms with Gasteiger partial charge in [0.15, 0.2) is 15.9 Å². The zero-order valence-electron chi connectivity index (χ0n) is 17.8. The molecule has 2 fully saturated rings. The fourth-order valence-electron chi connectivity index (χ4n) is 4.17. The number of fused-ring (bicyclic) bond motifs is 1. The predicted octanol–water partition coefficient (Wildman–Crippen LogP) is 0.190. The van der Waals surface area contributed by atoms with Gasteiger partial charge in [-0.05, 0) is 24.6 Å². The monoisotopic (exact) mass is 479 g/mol. The second kappa shape index (κ2) is 8.19. The molecule has 14 heteroatoms. The Morgan fingerprint density at radius 3 is 2.61 bits per heavy atom. The Morgan fingerprint density at radius 2 is 2.00 bits per heavy atom. The number of aromatic nitrogens is 3. The quantitative estimate of drug-likeness (QED) is 0.221. The summed E-state index contributed by atoms with van der Waals surface area (Å²) in [6.45, 7) is 1.11. The zero-order chi connectivity index (χ0) is 24.0. The number of rotatable bonds is 8. The number of amides is 1. The highest BCUT2D eigenvalue weighted by molar-refractivity contribution is 7.93. The van der Waals surface area contributed by atoms with E-state index in [0.29, 0.717) is 11.3 Å². The van der Waals surface area contributed by atoms with Gasteiger partial charge in [0.1, 0.15) is 22.4 Å². The van der Waals surface area contributed by atoms with Gasteiger partial charge in [-0.3, -0.25) is 19.6 Å². The van der Waals surface area contributed by atoms with Crippen LogP contribution in [0.5, 0.6) is 0 Å². The van der Waals surface area contributed by atoms with Crippen molar-refractivity contribution in [2.45, 2.75) is 49.3 Å². The van der Waals surface area contributed by atoms with Gasteiger partial charge in [-0.15, -0.1) is 5.10 Å². The molecule has 2 aromatic rings. The summed E-state index contributed by atoms with van der Waals surface area (Å²) in [5.41, 5.74) is 0.839. The van der Waals surface area contributed by atoms with Gasteiger partial charge < -0.3 is 14.4 Å². The summed E-state index contributed by atoms with van der Waals surface area (Å²) in [5.74, 6) is -1.34. The summed E-state index contributed by atoms with van der Waals surface area (Å²) in [4.78, 5) is 36.6. The maximum absolute atomic E-state index is 13.3. The molecule has 0 unspecified atom stereocenters. The molecule has 176 valence electrons. The van der Waals surface area contributed by atoms with Crippen LogP contribution in [0.2, 0.25) is 0 Å². The lowest BCUT2D eigenvalue weighted by molar-refractivity contribution is -0.384. The lowest BCUT2D eigenvalue weighted by Gasteiger charge is -2.36. The molecule has 0 aliphatic carbocycles. The van der Waals surface area contributed by atoms with Crippen molar-refractivity contribution in [1.29, 1.82) is 0 Å². The van der Waals surface area contributed by atoms with E-state index in [-0.39, 0.29) is 31.9 Å². The van der Waals surface area contributed by atoms with Gasteiger partial charge >= 0.3 is 5.97 Å². The second-order valence-corrected chi connectivity index (χ2v) is 10.7. The molecule has 2 aliphatic rings. The molecule has 33 heavy (non-hydrogen) atoms. The van der Waals surface area contributed by atoms with Crippen molar-refractivity contribution >= 4 is 27.4 Å². The van der Waals surface area contributed by atoms with E-state index in [1.807, 2.05) is 0 Å². The van der Waals surface area contributed by atoms with Gasteiger partial charge in [-0.2, -0.15) is 0 Å². The largest absolute Gasteiger partial charge is 0.459 e. The van der Waals surface area contributed by atoms with Gasteiger partial charge in [0.05, 0.1) is 30.7 Å². The van der Waals surface area contributed by atoms with E-state index in [2.05, 4.69) is 10.3 Å². The van der Waals surface area contributed by atoms with Crippen LogP contribution in [-0.2, 0) is 48.7 Å². The van der Waals surface area contributed by atoms with E-state index in [0.717, 1.165) is 4.90 Å². The highest BCUT2D eigenvalue weighted by atomic mass is 32.2. The molecular weight excluding hydrogens is 458 g/mol. The topological polar surface area (TPSA) is 164 Å². The second-order valence-electron chi connectivity index (χ2n) is 8.09. The third-order valence-corrected chi connectivity index (χ3v) is 8.68. The number of carbonyl (C=O) groups is 2. The third-order valence-electron chi connectivity index (χ3n) is 5.92. The minimum Gasteiger partial charge on any atom is -0.459 e. The minimum absolute atomic E-state index is 0.116. The molecule has 3 heterocycles. The standard InChI is InChI=1S/C19H21N5O8S/c1-19(11-22-8-13(10-31-2)20-21-22)17(23-15(25)7-16(23)33(19,29)30)18(26)32-9-12-3-5-14(6-4-12)24(27)28/h3-6,8,16-17H,7,9-11H2,1-2H3/t16-,17-,19-/m0/s1. The first-order valence-electron chi connectivity index (χ1n) is 9.91. The number of ether oxygens (including phenoxy) is 2. The third kappa shape index (κ3) is 3.74. The highest BCUT2D eigenvalue weighted by Gasteiger charge is 2.70. The van der Waals surface area contributed by atoms with Crippen LogP contribution in [0.1, 0.15) is 24.6 Å². The maximum Gasteiger partial charge on any atom is 0.330 e. The first-order valence-corrected chi connectivity index (χ1v) is 11.5. The Labute approximate surface area is 188 Å². The Morgan fingerprint density at radius 1 is 1.30 bits per heavy atom. The van der Waals surface area contributed by atoms with Crippen LogP contribution in [0.4, 0.5) is 5.69 Å². The molecule has 0 saturated carbocycles. The molecule has 0 N–H and O–H groups in total. The van der Waals surface area contributed by atoms with Crippen molar-refractivity contribution in [2.24, 2.45) is 0 Å². The number of benzene rings is 1. The van der Waals surface area contributed by atoms with E-state index >= 15 is 0 Å². The number of methoxy groups -OCH3 is 1. The molecule has 1 aromatic heterocycles. The van der Waals surface area contributed by atoms with Crippen LogP contribution in [0, 0.1) is 10.1 Å². The summed E-state index contributed by atoms with van der Waals surface area (Å²) in [6, 6.07) is 4.03. The van der Waals surface area contributed by atoms with Gasteiger partial charge in [0.25, 0.3) is 5.69 Å². The van der Waals surface area contributed by atoms with E-state index < -0.39 is 42.8 Å². The van der Waals surface area contributed by atoms with Crippen LogP contribution in [-0.4, -0.2) is 68.4 Å². The Hall–Kier alpha value is -3.39. The molecular formula is C19H21N5O8S. The molecule has 1 amide bonds. The number of sulfone groups is 1. The van der Waals surface area contributed by atoms with Crippen LogP contribution in [0.25, 0.3) is 0 Å². The number of non-ortho nitro benzene ring substituents is 1. The number of β-lactam (4-membered cyclic amide) rings is 1. The van der Waals surface area contributed by atoms with Crippen LogP contribution < -0.4 is 0 Å². The highest BCUT2D eigenvalue weighted by Crippen LogP contribution is 2.47. The average molecular weight is 479 g/mol. The van der Waals surface area contributed by atoms with Gasteiger partial charge in [-0.1, -0.05) is 5.21 Å². The average Bonchev–Trinajstić information content (AvgIpc) is 3.25. The van der Waals surface area contributed by atoms with E-state index in [1.165, 1.54) is 49.2 Å². The predicted molar refractivity (Wildman–Crippen MR) is 110 cm³/mol. The summed E-state index contributed by atoms with van der Waals surface area (Å²) in [7, 11) is -2.46. The molecule has 1 aromatic carbocycles. The van der Waals surface area contributed by atoms with Crippen molar-refractivity contribution in [3.8, 4) is 0 Å². The molecule has 13 nitrogen and oxygen atoms in total. The van der Waals surface area contributed by atoms with Crippen molar-refractivity contribution in [3.05, 3.63) is 51.8 Å². The van der Waals surface area contributed by atoms with Gasteiger partial charge in [0, 0.05) is 19.2 Å². The van der Waals surface area contributed by atoms with E-state index in [1.54, 1.807) is 0 Å². The number of hydrogen-bond acceptors (Lipinski definition) is 10. The summed E-state index contributed by atoms with van der Waals surface area (Å²) in [6.07, 6.45) is 1.32. The molecule has 0 radical (unpaired) electrons. The Kier molecular flexibility index (Phi) is 5.66. The fraction of sp³-hybridized carbons (Fsp3) is 0.474. The number of nitro benzene ring substituents is 1. The summed E-state index contributed by atoms with van der Waals surface area (Å²) in [5, 5.41) is 17.5. The van der Waals surface area contributed by atoms with Crippen LogP contribution >= 0.6 is 0 Å². The van der Waals surface area contributed by atoms with Crippen LogP contribution in [0.15, 0.2) is 30.5 Å². The van der Waals surface area contributed by atoms with Crippen LogP contribution in [0.3, 0.4) is 0 Å². The molecule has 2 aliphatic heterocycles. The number of esters is 1. The molecule has 0 spiro atoms. The number of nitro groups is 1. The molecule has 2 saturated heterocycles. The lowest BCUT2D eigenvalue weighted by Crippen LogP contribution is -2.58. The summed E-state index contributed by atoms with van der Waals surface area (Å²) < 4.78 is 36.5. The Balaban J connectivity index is 1.58. The normalized spacial score (nSPS) is 25.4. The summed E-state index contributed by atoms with van der Waals surface area (Å²) >= 11 is 0. The smallest absolute Gasteiger partial charge is 0.330 e.